The Bertz CT molecular complexity index is 260. The summed E-state index contributed by atoms with van der Waals surface area (Å²) in [5.74, 6) is 0. The maximum Gasteiger partial charge on any atom is 0.0292 e. The Morgan fingerprint density at radius 3 is 2.85 bits per heavy atom. The summed E-state index contributed by atoms with van der Waals surface area (Å²) < 4.78 is 1.15. The normalized spacial score (nSPS) is 12.8. The lowest BCUT2D eigenvalue weighted by Gasteiger charge is -2.13. The van der Waals surface area contributed by atoms with E-state index in [1.54, 1.807) is 0 Å². The number of hydrogen-bond donors (Lipinski definition) is 1. The highest BCUT2D eigenvalue weighted by Gasteiger charge is 2.02. The van der Waals surface area contributed by atoms with Gasteiger partial charge in [-0.1, -0.05) is 35.0 Å². The van der Waals surface area contributed by atoms with Crippen LogP contribution in [0.3, 0.4) is 0 Å². The molecule has 72 valence electrons. The molecular formula is C11H16BrN. The Hall–Kier alpha value is -0.340. The van der Waals surface area contributed by atoms with Crippen molar-refractivity contribution in [3.8, 4) is 0 Å². The molecular weight excluding hydrogens is 226 g/mol. The van der Waals surface area contributed by atoms with Gasteiger partial charge in [-0.05, 0) is 37.6 Å². The van der Waals surface area contributed by atoms with Gasteiger partial charge in [-0.2, -0.15) is 0 Å². The molecule has 0 amide bonds. The predicted molar refractivity (Wildman–Crippen MR) is 60.9 cm³/mol. The van der Waals surface area contributed by atoms with Crippen LogP contribution in [0.15, 0.2) is 28.7 Å². The van der Waals surface area contributed by atoms with E-state index in [9.17, 15) is 0 Å². The van der Waals surface area contributed by atoms with Crippen molar-refractivity contribution in [2.75, 3.05) is 6.54 Å². The number of benzene rings is 1. The standard InChI is InChI=1S/C11H16BrN/c1-3-7-13-9(2)10-5-4-6-11(12)8-10/h4-6,8-9,13H,3,7H2,1-2H3/t9-/m1/s1. The van der Waals surface area contributed by atoms with Crippen LogP contribution in [0.1, 0.15) is 31.9 Å². The maximum absolute atomic E-state index is 3.47. The van der Waals surface area contributed by atoms with Crippen LogP contribution in [0.25, 0.3) is 0 Å². The van der Waals surface area contributed by atoms with Crippen molar-refractivity contribution in [1.82, 2.24) is 5.32 Å². The smallest absolute Gasteiger partial charge is 0.0292 e. The molecule has 0 saturated heterocycles. The van der Waals surface area contributed by atoms with Gasteiger partial charge in [0.05, 0.1) is 0 Å². The van der Waals surface area contributed by atoms with E-state index < -0.39 is 0 Å². The van der Waals surface area contributed by atoms with E-state index in [0.29, 0.717) is 6.04 Å². The number of hydrogen-bond acceptors (Lipinski definition) is 1. The molecule has 0 fully saturated rings. The highest BCUT2D eigenvalue weighted by atomic mass is 79.9. The van der Waals surface area contributed by atoms with Crippen molar-refractivity contribution in [1.29, 1.82) is 0 Å². The van der Waals surface area contributed by atoms with Gasteiger partial charge >= 0.3 is 0 Å². The number of halogens is 1. The zero-order valence-corrected chi connectivity index (χ0v) is 9.76. The second kappa shape index (κ2) is 5.40. The average Bonchev–Trinajstić information content (AvgIpc) is 2.14. The quantitative estimate of drug-likeness (QED) is 0.851. The van der Waals surface area contributed by atoms with Crippen LogP contribution in [0.2, 0.25) is 0 Å². The lowest BCUT2D eigenvalue weighted by Crippen LogP contribution is -2.19. The monoisotopic (exact) mass is 241 g/mol. The largest absolute Gasteiger partial charge is 0.310 e. The fourth-order valence-electron chi connectivity index (χ4n) is 1.25. The highest BCUT2D eigenvalue weighted by molar-refractivity contribution is 9.10. The zero-order valence-electron chi connectivity index (χ0n) is 8.18. The third-order valence-electron chi connectivity index (χ3n) is 2.05. The molecule has 1 N–H and O–H groups in total. The van der Waals surface area contributed by atoms with Crippen LogP contribution in [0.5, 0.6) is 0 Å². The Morgan fingerprint density at radius 2 is 2.23 bits per heavy atom. The molecule has 0 aromatic heterocycles. The summed E-state index contributed by atoms with van der Waals surface area (Å²) in [6.45, 7) is 5.45. The van der Waals surface area contributed by atoms with Gasteiger partial charge in [0, 0.05) is 10.5 Å². The van der Waals surface area contributed by atoms with E-state index in [4.69, 9.17) is 0 Å². The third-order valence-corrected chi connectivity index (χ3v) is 2.54. The van der Waals surface area contributed by atoms with E-state index in [1.165, 1.54) is 12.0 Å². The molecule has 0 saturated carbocycles. The van der Waals surface area contributed by atoms with E-state index in [2.05, 4.69) is 59.4 Å². The van der Waals surface area contributed by atoms with E-state index in [1.807, 2.05) is 0 Å². The van der Waals surface area contributed by atoms with Gasteiger partial charge < -0.3 is 5.32 Å². The molecule has 0 spiro atoms. The Morgan fingerprint density at radius 1 is 1.46 bits per heavy atom. The molecule has 0 heterocycles. The van der Waals surface area contributed by atoms with Crippen molar-refractivity contribution in [3.63, 3.8) is 0 Å². The topological polar surface area (TPSA) is 12.0 Å². The first-order valence-electron chi connectivity index (χ1n) is 4.73. The summed E-state index contributed by atoms with van der Waals surface area (Å²) in [4.78, 5) is 0. The van der Waals surface area contributed by atoms with Gasteiger partial charge in [0.15, 0.2) is 0 Å². The minimum Gasteiger partial charge on any atom is -0.310 e. The molecule has 1 rings (SSSR count). The zero-order chi connectivity index (χ0) is 9.68. The molecule has 1 aromatic rings. The van der Waals surface area contributed by atoms with E-state index >= 15 is 0 Å². The molecule has 0 bridgehead atoms. The number of nitrogens with one attached hydrogen (secondary N) is 1. The molecule has 1 atom stereocenters. The molecule has 1 aromatic carbocycles. The van der Waals surface area contributed by atoms with Crippen LogP contribution in [-0.2, 0) is 0 Å². The summed E-state index contributed by atoms with van der Waals surface area (Å²) in [5, 5.41) is 3.45. The molecule has 0 aliphatic heterocycles. The van der Waals surface area contributed by atoms with Gasteiger partial charge in [-0.3, -0.25) is 0 Å². The van der Waals surface area contributed by atoms with Crippen molar-refractivity contribution in [2.24, 2.45) is 0 Å². The first kappa shape index (κ1) is 10.7. The van der Waals surface area contributed by atoms with Crippen molar-refractivity contribution < 1.29 is 0 Å². The maximum atomic E-state index is 3.47. The molecule has 1 nitrogen and oxygen atoms in total. The summed E-state index contributed by atoms with van der Waals surface area (Å²) in [5.41, 5.74) is 1.34. The first-order valence-corrected chi connectivity index (χ1v) is 5.52. The molecule has 2 heteroatoms. The number of rotatable bonds is 4. The van der Waals surface area contributed by atoms with Crippen molar-refractivity contribution in [3.05, 3.63) is 34.3 Å². The molecule has 0 aliphatic carbocycles. The highest BCUT2D eigenvalue weighted by Crippen LogP contribution is 2.17. The predicted octanol–water partition coefficient (Wildman–Crippen LogP) is 3.51. The van der Waals surface area contributed by atoms with Gasteiger partial charge in [-0.25, -0.2) is 0 Å². The minimum absolute atomic E-state index is 0.442. The summed E-state index contributed by atoms with van der Waals surface area (Å²) >= 11 is 3.47. The summed E-state index contributed by atoms with van der Waals surface area (Å²) in [7, 11) is 0. The summed E-state index contributed by atoms with van der Waals surface area (Å²) in [6.07, 6.45) is 1.18. The van der Waals surface area contributed by atoms with Crippen LogP contribution in [0, 0.1) is 0 Å². The summed E-state index contributed by atoms with van der Waals surface area (Å²) in [6, 6.07) is 8.88. The van der Waals surface area contributed by atoms with Crippen LogP contribution in [0.4, 0.5) is 0 Å². The minimum atomic E-state index is 0.442. The Kier molecular flexibility index (Phi) is 4.46. The molecule has 13 heavy (non-hydrogen) atoms. The second-order valence-electron chi connectivity index (χ2n) is 3.23. The van der Waals surface area contributed by atoms with Gasteiger partial charge in [0.1, 0.15) is 0 Å². The van der Waals surface area contributed by atoms with Gasteiger partial charge in [-0.15, -0.1) is 0 Å². The second-order valence-corrected chi connectivity index (χ2v) is 4.15. The van der Waals surface area contributed by atoms with Gasteiger partial charge in [0.25, 0.3) is 0 Å². The fraction of sp³-hybridized carbons (Fsp3) is 0.455. The van der Waals surface area contributed by atoms with Crippen LogP contribution >= 0.6 is 15.9 Å². The van der Waals surface area contributed by atoms with Crippen molar-refractivity contribution in [2.45, 2.75) is 26.3 Å². The molecule has 0 unspecified atom stereocenters. The van der Waals surface area contributed by atoms with E-state index in [-0.39, 0.29) is 0 Å². The third kappa shape index (κ3) is 3.49. The van der Waals surface area contributed by atoms with Crippen molar-refractivity contribution >= 4 is 15.9 Å². The Labute approximate surface area is 88.7 Å². The lowest BCUT2D eigenvalue weighted by molar-refractivity contribution is 0.570. The van der Waals surface area contributed by atoms with Crippen LogP contribution < -0.4 is 5.32 Å². The average molecular weight is 242 g/mol. The Balaban J connectivity index is 2.60. The SMILES string of the molecule is CCCN[C@H](C)c1cccc(Br)c1. The fourth-order valence-corrected chi connectivity index (χ4v) is 1.67. The molecule has 0 radical (unpaired) electrons. The first-order chi connectivity index (χ1) is 6.24. The van der Waals surface area contributed by atoms with Crippen LogP contribution in [-0.4, -0.2) is 6.54 Å². The lowest BCUT2D eigenvalue weighted by atomic mass is 10.1. The van der Waals surface area contributed by atoms with E-state index in [0.717, 1.165) is 11.0 Å². The van der Waals surface area contributed by atoms with Gasteiger partial charge in [0.2, 0.25) is 0 Å². The molecule has 0 aliphatic rings.